The number of piperazine rings is 1. The second-order valence-corrected chi connectivity index (χ2v) is 8.48. The van der Waals surface area contributed by atoms with Crippen molar-refractivity contribution in [2.45, 2.75) is 26.2 Å². The van der Waals surface area contributed by atoms with Crippen molar-refractivity contribution in [2.75, 3.05) is 68.7 Å². The third-order valence-electron chi connectivity index (χ3n) is 6.94. The van der Waals surface area contributed by atoms with Crippen molar-refractivity contribution in [1.29, 1.82) is 0 Å². The molecule has 3 aliphatic rings. The Morgan fingerprint density at radius 3 is 2.32 bits per heavy atom. The topological polar surface area (TPSA) is 42.9 Å². The van der Waals surface area contributed by atoms with Crippen LogP contribution in [0.25, 0.3) is 0 Å². The lowest BCUT2D eigenvalue weighted by Gasteiger charge is -2.39. The Morgan fingerprint density at radius 1 is 1.04 bits per heavy atom. The molecule has 1 aromatic rings. The highest BCUT2D eigenvalue weighted by atomic mass is 16.2. The van der Waals surface area contributed by atoms with Crippen molar-refractivity contribution in [1.82, 2.24) is 14.8 Å². The highest BCUT2D eigenvalue weighted by Crippen LogP contribution is 2.41. The minimum absolute atomic E-state index is 0.0715. The molecule has 6 nitrogen and oxygen atoms in total. The van der Waals surface area contributed by atoms with Crippen LogP contribution in [-0.4, -0.2) is 79.6 Å². The minimum Gasteiger partial charge on any atom is -0.356 e. The Balaban J connectivity index is 1.38. The third-order valence-corrected chi connectivity index (χ3v) is 6.94. The number of pyridine rings is 1. The molecule has 3 aliphatic heterocycles. The van der Waals surface area contributed by atoms with Crippen LogP contribution in [0.5, 0.6) is 0 Å². The zero-order chi connectivity index (χ0) is 19.6. The lowest BCUT2D eigenvalue weighted by Crippen LogP contribution is -2.46. The molecule has 0 radical (unpaired) electrons. The van der Waals surface area contributed by atoms with Gasteiger partial charge in [-0.1, -0.05) is 19.6 Å². The van der Waals surface area contributed by atoms with Crippen LogP contribution in [0.1, 0.15) is 26.2 Å². The lowest BCUT2D eigenvalue weighted by molar-refractivity contribution is -0.128. The van der Waals surface area contributed by atoms with Gasteiger partial charge in [0.15, 0.2) is 0 Å². The van der Waals surface area contributed by atoms with Crippen LogP contribution in [0.4, 0.5) is 11.6 Å². The monoisotopic (exact) mass is 383 g/mol. The van der Waals surface area contributed by atoms with E-state index in [4.69, 9.17) is 4.98 Å². The molecule has 0 N–H and O–H groups in total. The number of likely N-dealkylation sites (tertiary alicyclic amines) is 1. The molecular weight excluding hydrogens is 350 g/mol. The average Bonchev–Trinajstić information content (AvgIpc) is 3.17. The van der Waals surface area contributed by atoms with Gasteiger partial charge in [-0.3, -0.25) is 4.79 Å². The zero-order valence-corrected chi connectivity index (χ0v) is 17.1. The molecule has 28 heavy (non-hydrogen) atoms. The molecule has 4 rings (SSSR count). The van der Waals surface area contributed by atoms with Crippen molar-refractivity contribution in [3.63, 3.8) is 0 Å². The van der Waals surface area contributed by atoms with Crippen molar-refractivity contribution in [2.24, 2.45) is 5.41 Å². The molecule has 1 spiro atoms. The predicted molar refractivity (Wildman–Crippen MR) is 114 cm³/mol. The van der Waals surface area contributed by atoms with Gasteiger partial charge in [0.05, 0.1) is 0 Å². The van der Waals surface area contributed by atoms with Gasteiger partial charge in [0, 0.05) is 52.4 Å². The number of nitrogens with zero attached hydrogens (tertiary/aromatic N) is 5. The molecular formula is C22H33N5O. The number of hydrogen-bond donors (Lipinski definition) is 0. The minimum atomic E-state index is 0.0715. The first-order valence-corrected chi connectivity index (χ1v) is 10.7. The Kier molecular flexibility index (Phi) is 5.58. The summed E-state index contributed by atoms with van der Waals surface area (Å²) in [6.45, 7) is 15.2. The number of amides is 1. The molecule has 3 fully saturated rings. The first kappa shape index (κ1) is 19.2. The van der Waals surface area contributed by atoms with Gasteiger partial charge in [-0.25, -0.2) is 4.98 Å². The van der Waals surface area contributed by atoms with Crippen LogP contribution < -0.4 is 9.80 Å². The van der Waals surface area contributed by atoms with E-state index < -0.39 is 0 Å². The van der Waals surface area contributed by atoms with E-state index in [1.807, 2.05) is 4.90 Å². The molecule has 0 bridgehead atoms. The summed E-state index contributed by atoms with van der Waals surface area (Å²) in [4.78, 5) is 26.2. The van der Waals surface area contributed by atoms with Crippen LogP contribution in [0.3, 0.4) is 0 Å². The van der Waals surface area contributed by atoms with Gasteiger partial charge >= 0.3 is 0 Å². The highest BCUT2D eigenvalue weighted by Gasteiger charge is 2.41. The van der Waals surface area contributed by atoms with Crippen LogP contribution >= 0.6 is 0 Å². The van der Waals surface area contributed by atoms with Gasteiger partial charge in [-0.05, 0) is 49.4 Å². The summed E-state index contributed by atoms with van der Waals surface area (Å²) in [6.07, 6.45) is 4.81. The SMILES string of the molecule is C=CC(=O)N1CCC2(CC1)CCN(c1cccc(N3CCN(CC)CC3)n1)C2. The summed E-state index contributed by atoms with van der Waals surface area (Å²) in [5.41, 5.74) is 0.336. The van der Waals surface area contributed by atoms with E-state index >= 15 is 0 Å². The number of anilines is 2. The van der Waals surface area contributed by atoms with Crippen LogP contribution in [0.2, 0.25) is 0 Å². The Bertz CT molecular complexity index is 705. The number of rotatable bonds is 4. The normalized spacial score (nSPS) is 22.7. The molecule has 152 valence electrons. The van der Waals surface area contributed by atoms with Gasteiger partial charge in [0.25, 0.3) is 0 Å². The van der Waals surface area contributed by atoms with Gasteiger partial charge in [0.2, 0.25) is 5.91 Å². The molecule has 1 amide bonds. The average molecular weight is 384 g/mol. The number of likely N-dealkylation sites (N-methyl/N-ethyl adjacent to an activating group) is 1. The van der Waals surface area contributed by atoms with E-state index in [2.05, 4.69) is 46.4 Å². The second kappa shape index (κ2) is 8.11. The summed E-state index contributed by atoms with van der Waals surface area (Å²) in [7, 11) is 0. The van der Waals surface area contributed by atoms with Crippen molar-refractivity contribution < 1.29 is 4.79 Å². The molecule has 3 saturated heterocycles. The Morgan fingerprint density at radius 2 is 1.68 bits per heavy atom. The van der Waals surface area contributed by atoms with E-state index in [0.717, 1.165) is 83.4 Å². The van der Waals surface area contributed by atoms with Crippen LogP contribution in [0.15, 0.2) is 30.9 Å². The molecule has 4 heterocycles. The zero-order valence-electron chi connectivity index (χ0n) is 17.1. The summed E-state index contributed by atoms with van der Waals surface area (Å²) < 4.78 is 0. The fourth-order valence-corrected chi connectivity index (χ4v) is 4.93. The maximum absolute atomic E-state index is 11.9. The molecule has 0 aromatic carbocycles. The molecule has 1 aromatic heterocycles. The molecule has 0 saturated carbocycles. The Hall–Kier alpha value is -2.08. The standard InChI is InChI=1S/C22H33N5O/c1-3-21(28)26-11-8-22(9-12-26)10-13-27(18-22)20-7-5-6-19(23-20)25-16-14-24(4-2)15-17-25/h3,5-7H,1,4,8-18H2,2H3. The molecule has 6 heteroatoms. The van der Waals surface area contributed by atoms with Gasteiger partial charge in [-0.2, -0.15) is 0 Å². The smallest absolute Gasteiger partial charge is 0.245 e. The van der Waals surface area contributed by atoms with Gasteiger partial charge < -0.3 is 19.6 Å². The number of carbonyl (C=O) groups is 1. The fourth-order valence-electron chi connectivity index (χ4n) is 4.93. The van der Waals surface area contributed by atoms with Crippen molar-refractivity contribution in [3.8, 4) is 0 Å². The van der Waals surface area contributed by atoms with E-state index in [9.17, 15) is 4.79 Å². The van der Waals surface area contributed by atoms with Crippen LogP contribution in [-0.2, 0) is 4.79 Å². The number of piperidine rings is 1. The van der Waals surface area contributed by atoms with Crippen molar-refractivity contribution in [3.05, 3.63) is 30.9 Å². The molecule has 0 atom stereocenters. The Labute approximate surface area is 168 Å². The largest absolute Gasteiger partial charge is 0.356 e. The second-order valence-electron chi connectivity index (χ2n) is 8.48. The quantitative estimate of drug-likeness (QED) is 0.746. The molecule has 0 aliphatic carbocycles. The molecule has 0 unspecified atom stereocenters. The summed E-state index contributed by atoms with van der Waals surface area (Å²) >= 11 is 0. The van der Waals surface area contributed by atoms with Gasteiger partial charge in [0.1, 0.15) is 11.6 Å². The maximum atomic E-state index is 11.9. The summed E-state index contributed by atoms with van der Waals surface area (Å²) in [6, 6.07) is 6.46. The number of carbonyl (C=O) groups excluding carboxylic acids is 1. The summed E-state index contributed by atoms with van der Waals surface area (Å²) in [5.74, 6) is 2.29. The van der Waals surface area contributed by atoms with E-state index in [-0.39, 0.29) is 5.91 Å². The van der Waals surface area contributed by atoms with Crippen LogP contribution in [0, 0.1) is 5.41 Å². The van der Waals surface area contributed by atoms with E-state index in [0.29, 0.717) is 5.41 Å². The third kappa shape index (κ3) is 3.88. The predicted octanol–water partition coefficient (Wildman–Crippen LogP) is 2.23. The first-order valence-electron chi connectivity index (χ1n) is 10.7. The van der Waals surface area contributed by atoms with Crippen molar-refractivity contribution >= 4 is 17.5 Å². The van der Waals surface area contributed by atoms with E-state index in [1.54, 1.807) is 0 Å². The highest BCUT2D eigenvalue weighted by molar-refractivity contribution is 5.87. The van der Waals surface area contributed by atoms with Gasteiger partial charge in [-0.15, -0.1) is 0 Å². The first-order chi connectivity index (χ1) is 13.6. The lowest BCUT2D eigenvalue weighted by atomic mass is 9.78. The maximum Gasteiger partial charge on any atom is 0.245 e. The van der Waals surface area contributed by atoms with E-state index in [1.165, 1.54) is 12.5 Å². The number of aromatic nitrogens is 1. The number of hydrogen-bond acceptors (Lipinski definition) is 5. The fraction of sp³-hybridized carbons (Fsp3) is 0.636. The summed E-state index contributed by atoms with van der Waals surface area (Å²) in [5, 5.41) is 0.